The number of hydrogen-bond donors (Lipinski definition) is 3. The molecule has 8 nitrogen and oxygen atoms in total. The van der Waals surface area contributed by atoms with Gasteiger partial charge in [-0.1, -0.05) is 162 Å². The average Bonchev–Trinajstić information content (AvgIpc) is 3.63. The molecule has 0 heterocycles. The van der Waals surface area contributed by atoms with E-state index in [0.29, 0.717) is 44.4 Å². The molecule has 370 valence electrons. The zero-order valence-electron chi connectivity index (χ0n) is 42.7. The summed E-state index contributed by atoms with van der Waals surface area (Å²) in [6, 6.07) is 0. The van der Waals surface area contributed by atoms with Crippen molar-refractivity contribution in [1.82, 2.24) is 15.5 Å². The first-order chi connectivity index (χ1) is 30.9. The van der Waals surface area contributed by atoms with E-state index in [9.17, 15) is 14.4 Å². The van der Waals surface area contributed by atoms with Crippen LogP contribution in [0.5, 0.6) is 0 Å². The lowest BCUT2D eigenvalue weighted by molar-refractivity contribution is -0.122. The van der Waals surface area contributed by atoms with Crippen LogP contribution in [0.1, 0.15) is 241 Å². The predicted octanol–water partition coefficient (Wildman–Crippen LogP) is 13.8. The van der Waals surface area contributed by atoms with Crippen molar-refractivity contribution in [2.45, 2.75) is 247 Å². The SMILES string of the molecule is CCCCCCCCCCCCCCCC(=O)NCCCCN(CC(=O)NCCCCCCN)C(=O)O[C@H]1CC[C@@]2(C)C(=CC[C@H]3[C@@H]4CC[C@H]([C@H](C)CCCC(C)C)[C@@]4(C)CC[C@@H]32)C1. The van der Waals surface area contributed by atoms with Gasteiger partial charge in [-0.05, 0) is 130 Å². The van der Waals surface area contributed by atoms with E-state index in [1.165, 1.54) is 128 Å². The van der Waals surface area contributed by atoms with Gasteiger partial charge >= 0.3 is 6.09 Å². The molecule has 3 amide bonds. The van der Waals surface area contributed by atoms with E-state index < -0.39 is 0 Å². The van der Waals surface area contributed by atoms with E-state index >= 15 is 0 Å². The number of unbranched alkanes of at least 4 members (excludes halogenated alkanes) is 16. The molecule has 4 aliphatic rings. The normalized spacial score (nSPS) is 26.7. The van der Waals surface area contributed by atoms with Crippen molar-refractivity contribution >= 4 is 17.9 Å². The number of fused-ring (bicyclic) bond motifs is 5. The number of rotatable bonds is 33. The molecule has 4 aliphatic carbocycles. The molecule has 3 fully saturated rings. The van der Waals surface area contributed by atoms with Crippen LogP contribution in [-0.2, 0) is 14.3 Å². The summed E-state index contributed by atoms with van der Waals surface area (Å²) in [4.78, 5) is 41.2. The molecular weight excluding hydrogens is 793 g/mol. The molecule has 0 aromatic rings. The first-order valence-electron chi connectivity index (χ1n) is 27.8. The van der Waals surface area contributed by atoms with Crippen molar-refractivity contribution in [3.63, 3.8) is 0 Å². The van der Waals surface area contributed by atoms with Gasteiger partial charge < -0.3 is 21.1 Å². The molecule has 0 unspecified atom stereocenters. The monoisotopic (exact) mass is 895 g/mol. The Morgan fingerprint density at radius 2 is 1.34 bits per heavy atom. The van der Waals surface area contributed by atoms with Crippen LogP contribution in [0.4, 0.5) is 4.79 Å². The maximum absolute atomic E-state index is 13.9. The molecule has 4 rings (SSSR count). The molecular formula is C56H102N4O4. The Labute approximate surface area is 394 Å². The third kappa shape index (κ3) is 17.5. The van der Waals surface area contributed by atoms with Crippen LogP contribution in [0.3, 0.4) is 0 Å². The minimum Gasteiger partial charge on any atom is -0.446 e. The number of nitrogens with two attached hydrogens (primary N) is 1. The quantitative estimate of drug-likeness (QED) is 0.0448. The van der Waals surface area contributed by atoms with Gasteiger partial charge in [0.25, 0.3) is 0 Å². The predicted molar refractivity (Wildman–Crippen MR) is 268 cm³/mol. The number of amides is 3. The minimum atomic E-state index is -0.375. The van der Waals surface area contributed by atoms with Crippen molar-refractivity contribution in [3.8, 4) is 0 Å². The second-order valence-corrected chi connectivity index (χ2v) is 22.6. The summed E-state index contributed by atoms with van der Waals surface area (Å²) < 4.78 is 6.32. The van der Waals surface area contributed by atoms with Gasteiger partial charge in [-0.2, -0.15) is 0 Å². The lowest BCUT2D eigenvalue weighted by Gasteiger charge is -2.58. The number of carbonyl (C=O) groups excluding carboxylic acids is 3. The summed E-state index contributed by atoms with van der Waals surface area (Å²) in [5, 5.41) is 6.14. The summed E-state index contributed by atoms with van der Waals surface area (Å²) >= 11 is 0. The van der Waals surface area contributed by atoms with Crippen molar-refractivity contribution in [3.05, 3.63) is 11.6 Å². The average molecular weight is 895 g/mol. The van der Waals surface area contributed by atoms with E-state index in [1.807, 2.05) is 0 Å². The second kappa shape index (κ2) is 29.6. The Balaban J connectivity index is 1.20. The highest BCUT2D eigenvalue weighted by molar-refractivity contribution is 5.82. The second-order valence-electron chi connectivity index (χ2n) is 22.6. The topological polar surface area (TPSA) is 114 Å². The summed E-state index contributed by atoms with van der Waals surface area (Å²) in [7, 11) is 0. The maximum Gasteiger partial charge on any atom is 0.410 e. The fourth-order valence-corrected chi connectivity index (χ4v) is 13.3. The lowest BCUT2D eigenvalue weighted by atomic mass is 9.47. The summed E-state index contributed by atoms with van der Waals surface area (Å²) in [6.07, 6.45) is 38.6. The molecule has 0 aliphatic heterocycles. The molecule has 64 heavy (non-hydrogen) atoms. The van der Waals surface area contributed by atoms with E-state index in [4.69, 9.17) is 10.5 Å². The first-order valence-corrected chi connectivity index (χ1v) is 27.8. The Morgan fingerprint density at radius 3 is 2.02 bits per heavy atom. The van der Waals surface area contributed by atoms with Crippen LogP contribution in [0.25, 0.3) is 0 Å². The maximum atomic E-state index is 13.9. The van der Waals surface area contributed by atoms with Gasteiger partial charge in [-0.15, -0.1) is 0 Å². The fraction of sp³-hybridized carbons (Fsp3) is 0.911. The number of allylic oxidation sites excluding steroid dienone is 1. The molecule has 0 radical (unpaired) electrons. The molecule has 0 aromatic carbocycles. The Morgan fingerprint density at radius 1 is 0.719 bits per heavy atom. The largest absolute Gasteiger partial charge is 0.446 e. The van der Waals surface area contributed by atoms with Gasteiger partial charge in [0.1, 0.15) is 12.6 Å². The van der Waals surface area contributed by atoms with Crippen LogP contribution in [0, 0.1) is 46.3 Å². The highest BCUT2D eigenvalue weighted by atomic mass is 16.6. The highest BCUT2D eigenvalue weighted by Crippen LogP contribution is 2.67. The molecule has 8 heteroatoms. The van der Waals surface area contributed by atoms with Gasteiger partial charge in [-0.25, -0.2) is 4.79 Å². The first kappa shape index (κ1) is 54.5. The Bertz CT molecular complexity index is 1370. The van der Waals surface area contributed by atoms with Crippen LogP contribution < -0.4 is 16.4 Å². The molecule has 0 spiro atoms. The van der Waals surface area contributed by atoms with E-state index in [-0.39, 0.29) is 36.0 Å². The third-order valence-electron chi connectivity index (χ3n) is 17.3. The van der Waals surface area contributed by atoms with Gasteiger partial charge in [0.05, 0.1) is 0 Å². The summed E-state index contributed by atoms with van der Waals surface area (Å²) in [5.41, 5.74) is 7.83. The minimum absolute atomic E-state index is 0.00141. The summed E-state index contributed by atoms with van der Waals surface area (Å²) in [6.45, 7) is 17.1. The van der Waals surface area contributed by atoms with Crippen molar-refractivity contribution in [2.24, 2.45) is 52.1 Å². The van der Waals surface area contributed by atoms with Gasteiger partial charge in [0.2, 0.25) is 11.8 Å². The van der Waals surface area contributed by atoms with Gasteiger partial charge in [0.15, 0.2) is 0 Å². The number of nitrogens with one attached hydrogen (secondary N) is 2. The summed E-state index contributed by atoms with van der Waals surface area (Å²) in [5.74, 6) is 4.80. The van der Waals surface area contributed by atoms with E-state index in [1.54, 1.807) is 4.90 Å². The number of nitrogens with zero attached hydrogens (tertiary/aromatic N) is 1. The lowest BCUT2D eigenvalue weighted by Crippen LogP contribution is -2.51. The van der Waals surface area contributed by atoms with Crippen LogP contribution in [0.15, 0.2) is 11.6 Å². The zero-order valence-corrected chi connectivity index (χ0v) is 42.7. The highest BCUT2D eigenvalue weighted by Gasteiger charge is 2.59. The van der Waals surface area contributed by atoms with Crippen molar-refractivity contribution in [1.29, 1.82) is 0 Å². The number of hydrogen-bond acceptors (Lipinski definition) is 5. The van der Waals surface area contributed by atoms with Crippen molar-refractivity contribution < 1.29 is 19.1 Å². The number of carbonyl (C=O) groups is 3. The molecule has 4 N–H and O–H groups in total. The van der Waals surface area contributed by atoms with Crippen molar-refractivity contribution in [2.75, 3.05) is 32.7 Å². The molecule has 0 aromatic heterocycles. The Kier molecular flexibility index (Phi) is 25.2. The Hall–Kier alpha value is -2.09. The standard InChI is InChI=1S/C56H102N4O4/c1-7-8-9-10-11-12-13-14-15-16-17-18-21-29-52(61)58-40-24-25-41-60(43-53(62)59-39-23-20-19-22-38-57)54(63)64-47-34-36-55(5)46(42-47)30-31-48-50-33-32-49(45(4)28-26-27-44(2)3)56(50,6)37-35-51(48)55/h30,44-45,47-51H,7-29,31-43,57H2,1-6H3,(H,58,61)(H,59,62)/t45-,47+,48+,49-,50+,51+,55+,56-/m1/s1. The fourth-order valence-electron chi connectivity index (χ4n) is 13.3. The van der Waals surface area contributed by atoms with Crippen LogP contribution in [0.2, 0.25) is 0 Å². The van der Waals surface area contributed by atoms with E-state index in [2.05, 4.69) is 58.3 Å². The number of ether oxygens (including phenoxy) is 1. The molecule has 0 saturated heterocycles. The van der Waals surface area contributed by atoms with Gasteiger partial charge in [-0.3, -0.25) is 14.5 Å². The smallest absolute Gasteiger partial charge is 0.410 e. The zero-order chi connectivity index (χ0) is 46.2. The molecule has 0 bridgehead atoms. The third-order valence-corrected chi connectivity index (χ3v) is 17.3. The molecule has 3 saturated carbocycles. The van der Waals surface area contributed by atoms with Crippen LogP contribution in [-0.4, -0.2) is 61.6 Å². The molecule has 8 atom stereocenters. The van der Waals surface area contributed by atoms with Gasteiger partial charge in [0, 0.05) is 32.5 Å². The van der Waals surface area contributed by atoms with Crippen LogP contribution >= 0.6 is 0 Å². The van der Waals surface area contributed by atoms with E-state index in [0.717, 1.165) is 99.7 Å².